The molecule has 1 amide bonds. The molecule has 2 N–H and O–H groups in total. The van der Waals surface area contributed by atoms with E-state index in [0.29, 0.717) is 18.8 Å². The maximum atomic E-state index is 12.6. The number of fused-ring (bicyclic) bond motifs is 1. The predicted octanol–water partition coefficient (Wildman–Crippen LogP) is 3.08. The smallest absolute Gasteiger partial charge is 0.410 e. The second-order valence-electron chi connectivity index (χ2n) is 7.36. The van der Waals surface area contributed by atoms with E-state index in [0.717, 1.165) is 14.6 Å². The van der Waals surface area contributed by atoms with Gasteiger partial charge in [0.2, 0.25) is 0 Å². The number of anilines is 1. The molecule has 0 aliphatic carbocycles. The molecule has 3 heterocycles. The van der Waals surface area contributed by atoms with Gasteiger partial charge in [-0.1, -0.05) is 0 Å². The Morgan fingerprint density at radius 3 is 2.92 bits per heavy atom. The van der Waals surface area contributed by atoms with E-state index in [-0.39, 0.29) is 18.5 Å². The van der Waals surface area contributed by atoms with Gasteiger partial charge >= 0.3 is 6.09 Å². The average molecular weight is 468 g/mol. The summed E-state index contributed by atoms with van der Waals surface area (Å²) in [6.45, 7) is 5.93. The number of aromatic nitrogens is 3. The predicted molar refractivity (Wildman–Crippen MR) is 105 cm³/mol. The summed E-state index contributed by atoms with van der Waals surface area (Å²) in [5.74, 6) is 0.439. The van der Waals surface area contributed by atoms with Crippen LogP contribution in [0.15, 0.2) is 12.3 Å². The van der Waals surface area contributed by atoms with Crippen molar-refractivity contribution in [3.63, 3.8) is 0 Å². The summed E-state index contributed by atoms with van der Waals surface area (Å²) < 4.78 is 8.18. The summed E-state index contributed by atoms with van der Waals surface area (Å²) in [6, 6.07) is 3.80. The SMILES string of the molecule is CC(C)(C)OC(=O)N1C[C@@H](n2nc(I)c3c(N)nccc32)C[C@@H]1CC#N. The number of likely N-dealkylation sites (tertiary alicyclic amines) is 1. The molecule has 1 aliphatic heterocycles. The van der Waals surface area contributed by atoms with Crippen LogP contribution in [0.3, 0.4) is 0 Å². The van der Waals surface area contributed by atoms with Crippen molar-refractivity contribution < 1.29 is 9.53 Å². The topological polar surface area (TPSA) is 110 Å². The van der Waals surface area contributed by atoms with Crippen molar-refractivity contribution in [1.29, 1.82) is 5.26 Å². The number of rotatable bonds is 2. The first-order chi connectivity index (χ1) is 12.2. The number of nitriles is 1. The number of nitrogen functional groups attached to an aromatic ring is 1. The van der Waals surface area contributed by atoms with Gasteiger partial charge in [0.1, 0.15) is 15.1 Å². The van der Waals surface area contributed by atoms with Gasteiger partial charge in [0.15, 0.2) is 0 Å². The van der Waals surface area contributed by atoms with Crippen LogP contribution in [0, 0.1) is 15.0 Å². The highest BCUT2D eigenvalue weighted by Crippen LogP contribution is 2.34. The van der Waals surface area contributed by atoms with Crippen LogP contribution < -0.4 is 5.73 Å². The largest absolute Gasteiger partial charge is 0.444 e. The van der Waals surface area contributed by atoms with Crippen molar-refractivity contribution in [2.75, 3.05) is 12.3 Å². The minimum absolute atomic E-state index is 0.0475. The van der Waals surface area contributed by atoms with Crippen molar-refractivity contribution in [3.05, 3.63) is 16.0 Å². The maximum Gasteiger partial charge on any atom is 0.410 e. The summed E-state index contributed by atoms with van der Waals surface area (Å²) >= 11 is 2.14. The molecular formula is C17H21IN6O2. The van der Waals surface area contributed by atoms with Gasteiger partial charge in [0, 0.05) is 12.7 Å². The highest BCUT2D eigenvalue weighted by atomic mass is 127. The zero-order chi connectivity index (χ0) is 19.1. The Kier molecular flexibility index (Phi) is 4.96. The number of carbonyl (C=O) groups is 1. The molecule has 8 nitrogen and oxygen atoms in total. The molecule has 26 heavy (non-hydrogen) atoms. The van der Waals surface area contributed by atoms with Crippen LogP contribution in [0.1, 0.15) is 39.7 Å². The number of ether oxygens (including phenoxy) is 1. The number of amides is 1. The summed E-state index contributed by atoms with van der Waals surface area (Å²) in [5, 5.41) is 14.6. The van der Waals surface area contributed by atoms with Gasteiger partial charge in [0.05, 0.1) is 35.5 Å². The molecule has 2 aromatic heterocycles. The van der Waals surface area contributed by atoms with E-state index >= 15 is 0 Å². The number of carbonyl (C=O) groups excluding carboxylic acids is 1. The third-order valence-corrected chi connectivity index (χ3v) is 5.06. The van der Waals surface area contributed by atoms with Crippen molar-refractivity contribution in [2.24, 2.45) is 0 Å². The van der Waals surface area contributed by atoms with Crippen LogP contribution in [0.4, 0.5) is 10.6 Å². The monoisotopic (exact) mass is 468 g/mol. The average Bonchev–Trinajstić information content (AvgIpc) is 3.08. The summed E-state index contributed by atoms with van der Waals surface area (Å²) in [4.78, 5) is 18.4. The molecule has 1 fully saturated rings. The normalized spacial score (nSPS) is 20.3. The minimum atomic E-state index is -0.583. The van der Waals surface area contributed by atoms with E-state index < -0.39 is 11.7 Å². The van der Waals surface area contributed by atoms with Crippen LogP contribution in [-0.2, 0) is 4.74 Å². The standard InChI is InChI=1S/C17H21IN6O2/c1-17(2,3)26-16(25)23-9-11(8-10(23)4-6-19)24-12-5-7-21-15(20)13(12)14(18)22-24/h5,7,10-11H,4,8-9H2,1-3H3,(H2,20,21)/t10-,11-/m0/s1. The Labute approximate surface area is 165 Å². The summed E-state index contributed by atoms with van der Waals surface area (Å²) in [6.07, 6.45) is 2.16. The molecule has 0 aromatic carbocycles. The Morgan fingerprint density at radius 2 is 2.27 bits per heavy atom. The van der Waals surface area contributed by atoms with Crippen molar-refractivity contribution in [3.8, 4) is 6.07 Å². The quantitative estimate of drug-likeness (QED) is 0.679. The van der Waals surface area contributed by atoms with E-state index in [9.17, 15) is 4.79 Å². The Bertz CT molecular complexity index is 882. The molecule has 0 unspecified atom stereocenters. The zero-order valence-corrected chi connectivity index (χ0v) is 17.1. The van der Waals surface area contributed by atoms with Crippen LogP contribution in [0.25, 0.3) is 10.9 Å². The molecule has 0 saturated carbocycles. The minimum Gasteiger partial charge on any atom is -0.444 e. The number of hydrogen-bond acceptors (Lipinski definition) is 6. The number of halogens is 1. The molecule has 1 saturated heterocycles. The fraction of sp³-hybridized carbons (Fsp3) is 0.529. The van der Waals surface area contributed by atoms with Gasteiger partial charge in [-0.15, -0.1) is 0 Å². The summed E-state index contributed by atoms with van der Waals surface area (Å²) in [7, 11) is 0. The Hall–Kier alpha value is -2.09. The molecule has 0 radical (unpaired) electrons. The lowest BCUT2D eigenvalue weighted by Gasteiger charge is -2.27. The highest BCUT2D eigenvalue weighted by Gasteiger charge is 2.39. The Morgan fingerprint density at radius 1 is 1.54 bits per heavy atom. The molecular weight excluding hydrogens is 447 g/mol. The first kappa shape index (κ1) is 18.7. The maximum absolute atomic E-state index is 12.6. The Balaban J connectivity index is 1.92. The number of pyridine rings is 1. The van der Waals surface area contributed by atoms with Crippen molar-refractivity contribution in [1.82, 2.24) is 19.7 Å². The van der Waals surface area contributed by atoms with Crippen LogP contribution in [0.5, 0.6) is 0 Å². The lowest BCUT2D eigenvalue weighted by molar-refractivity contribution is 0.0225. The number of hydrogen-bond donors (Lipinski definition) is 1. The fourth-order valence-corrected chi connectivity index (χ4v) is 4.04. The lowest BCUT2D eigenvalue weighted by atomic mass is 10.1. The molecule has 3 rings (SSSR count). The number of nitrogens with zero attached hydrogens (tertiary/aromatic N) is 5. The van der Waals surface area contributed by atoms with Gasteiger partial charge in [-0.05, 0) is 55.8 Å². The lowest BCUT2D eigenvalue weighted by Crippen LogP contribution is -2.40. The summed E-state index contributed by atoms with van der Waals surface area (Å²) in [5.41, 5.74) is 6.29. The number of nitrogens with two attached hydrogens (primary N) is 1. The van der Waals surface area contributed by atoms with E-state index in [4.69, 9.17) is 15.7 Å². The van der Waals surface area contributed by atoms with Crippen molar-refractivity contribution in [2.45, 2.75) is 51.3 Å². The van der Waals surface area contributed by atoms with E-state index in [2.05, 4.69) is 38.7 Å². The third-order valence-electron chi connectivity index (χ3n) is 4.30. The van der Waals surface area contributed by atoms with Crippen LogP contribution >= 0.6 is 22.6 Å². The van der Waals surface area contributed by atoms with Crippen molar-refractivity contribution >= 4 is 45.4 Å². The zero-order valence-electron chi connectivity index (χ0n) is 14.9. The highest BCUT2D eigenvalue weighted by molar-refractivity contribution is 14.1. The molecule has 2 aromatic rings. The van der Waals surface area contributed by atoms with Gasteiger partial charge in [-0.25, -0.2) is 9.78 Å². The molecule has 1 aliphatic rings. The van der Waals surface area contributed by atoms with E-state index in [1.165, 1.54) is 0 Å². The third kappa shape index (κ3) is 3.56. The second-order valence-corrected chi connectivity index (χ2v) is 8.39. The molecule has 0 spiro atoms. The van der Waals surface area contributed by atoms with Crippen LogP contribution in [-0.4, -0.2) is 43.9 Å². The molecule has 2 atom stereocenters. The first-order valence-corrected chi connectivity index (χ1v) is 9.44. The van der Waals surface area contributed by atoms with Gasteiger partial charge < -0.3 is 15.4 Å². The molecule has 0 bridgehead atoms. The van der Waals surface area contributed by atoms with Gasteiger partial charge in [0.25, 0.3) is 0 Å². The van der Waals surface area contributed by atoms with Gasteiger partial charge in [-0.3, -0.25) is 4.68 Å². The molecule has 9 heteroatoms. The van der Waals surface area contributed by atoms with E-state index in [1.54, 1.807) is 11.1 Å². The first-order valence-electron chi connectivity index (χ1n) is 8.36. The molecule has 138 valence electrons. The van der Waals surface area contributed by atoms with Crippen LogP contribution in [0.2, 0.25) is 0 Å². The fourth-order valence-electron chi connectivity index (χ4n) is 3.26. The van der Waals surface area contributed by atoms with E-state index in [1.807, 2.05) is 31.5 Å². The second kappa shape index (κ2) is 6.90. The van der Waals surface area contributed by atoms with Gasteiger partial charge in [-0.2, -0.15) is 10.4 Å².